The van der Waals surface area contributed by atoms with Gasteiger partial charge in [0, 0.05) is 42.1 Å². The maximum atomic E-state index is 11.8. The first kappa shape index (κ1) is 13.7. The fourth-order valence-corrected chi connectivity index (χ4v) is 2.73. The Balaban J connectivity index is 1.73. The number of anilines is 2. The van der Waals surface area contributed by atoms with E-state index in [-0.39, 0.29) is 5.91 Å². The van der Waals surface area contributed by atoms with Gasteiger partial charge in [0.1, 0.15) is 0 Å². The van der Waals surface area contributed by atoms with Crippen LogP contribution < -0.4 is 10.2 Å². The summed E-state index contributed by atoms with van der Waals surface area (Å²) in [6, 6.07) is 8.03. The van der Waals surface area contributed by atoms with Crippen LogP contribution in [0.15, 0.2) is 24.3 Å². The predicted octanol–water partition coefficient (Wildman–Crippen LogP) is 2.77. The van der Waals surface area contributed by atoms with Gasteiger partial charge in [-0.25, -0.2) is 0 Å². The van der Waals surface area contributed by atoms with Gasteiger partial charge in [-0.05, 0) is 38.5 Å². The summed E-state index contributed by atoms with van der Waals surface area (Å²) >= 11 is 0. The molecule has 1 fully saturated rings. The van der Waals surface area contributed by atoms with Crippen LogP contribution in [-0.4, -0.2) is 22.6 Å². The number of carbonyl (C=O) groups is 1. The van der Waals surface area contributed by atoms with Crippen molar-refractivity contribution >= 4 is 17.3 Å². The molecule has 0 aliphatic carbocycles. The highest BCUT2D eigenvalue weighted by Gasteiger charge is 2.21. The molecule has 0 unspecified atom stereocenters. The summed E-state index contributed by atoms with van der Waals surface area (Å²) in [6.07, 6.45) is 1.61. The maximum Gasteiger partial charge on any atom is 0.227 e. The highest BCUT2D eigenvalue weighted by molar-refractivity contribution is 5.95. The summed E-state index contributed by atoms with van der Waals surface area (Å²) in [5.74, 6) is 0.216. The van der Waals surface area contributed by atoms with Crippen molar-refractivity contribution in [2.45, 2.75) is 33.2 Å². The van der Waals surface area contributed by atoms with Crippen molar-refractivity contribution in [1.29, 1.82) is 0 Å². The van der Waals surface area contributed by atoms with Crippen molar-refractivity contribution in [3.8, 4) is 0 Å². The molecule has 1 aliphatic heterocycles. The number of rotatable bonds is 4. The van der Waals surface area contributed by atoms with Crippen LogP contribution in [0.3, 0.4) is 0 Å². The minimum Gasteiger partial charge on any atom is -0.381 e. The number of hydrogen-bond donors (Lipinski definition) is 2. The first-order valence-electron chi connectivity index (χ1n) is 7.30. The molecule has 3 rings (SSSR count). The fraction of sp³-hybridized carbons (Fsp3) is 0.375. The Morgan fingerprint density at radius 2 is 2.24 bits per heavy atom. The van der Waals surface area contributed by atoms with E-state index in [2.05, 4.69) is 15.5 Å². The van der Waals surface area contributed by atoms with Crippen LogP contribution in [0, 0.1) is 13.8 Å². The molecular formula is C16H20N4O. The second-order valence-corrected chi connectivity index (χ2v) is 5.47. The van der Waals surface area contributed by atoms with Gasteiger partial charge >= 0.3 is 0 Å². The number of aryl methyl sites for hydroxylation is 2. The molecule has 2 heterocycles. The van der Waals surface area contributed by atoms with Crippen LogP contribution >= 0.6 is 0 Å². The van der Waals surface area contributed by atoms with E-state index < -0.39 is 0 Å². The predicted molar refractivity (Wildman–Crippen MR) is 83.4 cm³/mol. The van der Waals surface area contributed by atoms with Crippen molar-refractivity contribution in [3.05, 3.63) is 41.2 Å². The molecule has 0 bridgehead atoms. The number of aromatic nitrogens is 2. The molecule has 0 saturated carbocycles. The fourth-order valence-electron chi connectivity index (χ4n) is 2.73. The smallest absolute Gasteiger partial charge is 0.227 e. The molecule has 1 aromatic heterocycles. The molecule has 21 heavy (non-hydrogen) atoms. The molecule has 110 valence electrons. The average molecular weight is 284 g/mol. The molecule has 1 saturated heterocycles. The third kappa shape index (κ3) is 2.77. The molecule has 5 heteroatoms. The number of nitrogens with one attached hydrogen (secondary N) is 2. The van der Waals surface area contributed by atoms with E-state index in [1.54, 1.807) is 0 Å². The van der Waals surface area contributed by atoms with Crippen molar-refractivity contribution < 1.29 is 4.79 Å². The van der Waals surface area contributed by atoms with E-state index >= 15 is 0 Å². The summed E-state index contributed by atoms with van der Waals surface area (Å²) < 4.78 is 0. The van der Waals surface area contributed by atoms with E-state index in [9.17, 15) is 4.79 Å². The molecule has 5 nitrogen and oxygen atoms in total. The van der Waals surface area contributed by atoms with Crippen LogP contribution in [0.4, 0.5) is 11.4 Å². The van der Waals surface area contributed by atoms with Crippen molar-refractivity contribution in [3.63, 3.8) is 0 Å². The van der Waals surface area contributed by atoms with Crippen LogP contribution in [0.1, 0.15) is 29.8 Å². The van der Waals surface area contributed by atoms with Crippen molar-refractivity contribution in [2.24, 2.45) is 0 Å². The number of amides is 1. The zero-order valence-electron chi connectivity index (χ0n) is 12.4. The molecule has 1 aliphatic rings. The first-order valence-corrected chi connectivity index (χ1v) is 7.30. The number of carbonyl (C=O) groups excluding carboxylic acids is 1. The Hall–Kier alpha value is -2.30. The minimum atomic E-state index is 0.216. The summed E-state index contributed by atoms with van der Waals surface area (Å²) in [6.45, 7) is 5.57. The number of aromatic amines is 1. The van der Waals surface area contributed by atoms with Gasteiger partial charge in [-0.1, -0.05) is 6.07 Å². The van der Waals surface area contributed by atoms with Gasteiger partial charge < -0.3 is 10.2 Å². The van der Waals surface area contributed by atoms with Gasteiger partial charge in [0.05, 0.1) is 5.69 Å². The Morgan fingerprint density at radius 3 is 2.90 bits per heavy atom. The molecule has 2 N–H and O–H groups in total. The van der Waals surface area contributed by atoms with Gasteiger partial charge in [0.15, 0.2) is 0 Å². The standard InChI is InChI=1S/C16H20N4O/c1-11-15(12(2)19-18-11)10-17-13-5-3-6-14(9-13)20-8-4-7-16(20)21/h3,5-6,9,17H,4,7-8,10H2,1-2H3,(H,18,19). The van der Waals surface area contributed by atoms with Gasteiger partial charge in [-0.2, -0.15) is 5.10 Å². The lowest BCUT2D eigenvalue weighted by atomic mass is 10.2. The second kappa shape index (κ2) is 5.60. The molecule has 0 atom stereocenters. The highest BCUT2D eigenvalue weighted by atomic mass is 16.2. The lowest BCUT2D eigenvalue weighted by Gasteiger charge is -2.17. The van der Waals surface area contributed by atoms with E-state index in [1.807, 2.05) is 43.0 Å². The van der Waals surface area contributed by atoms with E-state index in [0.717, 1.165) is 42.3 Å². The molecule has 2 aromatic rings. The summed E-state index contributed by atoms with van der Waals surface area (Å²) in [5, 5.41) is 10.6. The Labute approximate surface area is 124 Å². The molecule has 1 aromatic carbocycles. The third-order valence-corrected chi connectivity index (χ3v) is 3.98. The molecule has 1 amide bonds. The topological polar surface area (TPSA) is 61.0 Å². The van der Waals surface area contributed by atoms with E-state index in [4.69, 9.17) is 0 Å². The van der Waals surface area contributed by atoms with E-state index in [1.165, 1.54) is 5.56 Å². The number of benzene rings is 1. The Morgan fingerprint density at radius 1 is 1.38 bits per heavy atom. The largest absolute Gasteiger partial charge is 0.381 e. The Kier molecular flexibility index (Phi) is 3.64. The number of nitrogens with zero attached hydrogens (tertiary/aromatic N) is 2. The SMILES string of the molecule is Cc1n[nH]c(C)c1CNc1cccc(N2CCCC2=O)c1. The molecular weight excluding hydrogens is 264 g/mol. The van der Waals surface area contributed by atoms with Gasteiger partial charge in [-0.15, -0.1) is 0 Å². The number of hydrogen-bond acceptors (Lipinski definition) is 3. The Bertz CT molecular complexity index is 643. The van der Waals surface area contributed by atoms with Crippen LogP contribution in [0.25, 0.3) is 0 Å². The lowest BCUT2D eigenvalue weighted by Crippen LogP contribution is -2.23. The van der Waals surface area contributed by atoms with Crippen molar-refractivity contribution in [1.82, 2.24) is 10.2 Å². The van der Waals surface area contributed by atoms with E-state index in [0.29, 0.717) is 6.42 Å². The zero-order chi connectivity index (χ0) is 14.8. The summed E-state index contributed by atoms with van der Waals surface area (Å²) in [4.78, 5) is 13.7. The van der Waals surface area contributed by atoms with Gasteiger partial charge in [-0.3, -0.25) is 9.89 Å². The van der Waals surface area contributed by atoms with Crippen LogP contribution in [0.5, 0.6) is 0 Å². The lowest BCUT2D eigenvalue weighted by molar-refractivity contribution is -0.117. The average Bonchev–Trinajstić information content (AvgIpc) is 3.04. The van der Waals surface area contributed by atoms with Gasteiger partial charge in [0.2, 0.25) is 5.91 Å². The first-order chi connectivity index (χ1) is 10.1. The van der Waals surface area contributed by atoms with Crippen LogP contribution in [-0.2, 0) is 11.3 Å². The van der Waals surface area contributed by atoms with Gasteiger partial charge in [0.25, 0.3) is 0 Å². The third-order valence-electron chi connectivity index (χ3n) is 3.98. The summed E-state index contributed by atoms with van der Waals surface area (Å²) in [5.41, 5.74) is 5.30. The van der Waals surface area contributed by atoms with Crippen LogP contribution in [0.2, 0.25) is 0 Å². The highest BCUT2D eigenvalue weighted by Crippen LogP contribution is 2.24. The molecule has 0 spiro atoms. The zero-order valence-corrected chi connectivity index (χ0v) is 12.4. The second-order valence-electron chi connectivity index (χ2n) is 5.47. The molecule has 0 radical (unpaired) electrons. The normalized spacial score (nSPS) is 14.8. The maximum absolute atomic E-state index is 11.8. The van der Waals surface area contributed by atoms with Crippen molar-refractivity contribution in [2.75, 3.05) is 16.8 Å². The summed E-state index contributed by atoms with van der Waals surface area (Å²) in [7, 11) is 0. The number of H-pyrrole nitrogens is 1. The monoisotopic (exact) mass is 284 g/mol. The quantitative estimate of drug-likeness (QED) is 0.907. The minimum absolute atomic E-state index is 0.216.